The van der Waals surface area contributed by atoms with E-state index in [1.165, 1.54) is 17.7 Å². The topological polar surface area (TPSA) is 56.0 Å². The molecule has 24 heavy (non-hydrogen) atoms. The molecule has 1 fully saturated rings. The van der Waals surface area contributed by atoms with Crippen molar-refractivity contribution in [2.24, 2.45) is 7.05 Å². The Kier molecular flexibility index (Phi) is 3.70. The van der Waals surface area contributed by atoms with E-state index in [0.29, 0.717) is 0 Å². The number of rotatable bonds is 2. The van der Waals surface area contributed by atoms with Crippen LogP contribution in [0.2, 0.25) is 0 Å². The SMILES string of the molecule is Cc1cc(C)n(C2CCN(C(=O)c3c4c(nn3C)CCCC4)C2)n1. The Morgan fingerprint density at radius 2 is 2.00 bits per heavy atom. The van der Waals surface area contributed by atoms with Gasteiger partial charge in [-0.1, -0.05) is 0 Å². The summed E-state index contributed by atoms with van der Waals surface area (Å²) in [4.78, 5) is 15.1. The molecule has 6 nitrogen and oxygen atoms in total. The van der Waals surface area contributed by atoms with Crippen LogP contribution in [0.3, 0.4) is 0 Å². The van der Waals surface area contributed by atoms with E-state index in [1.54, 1.807) is 4.68 Å². The van der Waals surface area contributed by atoms with E-state index in [9.17, 15) is 4.79 Å². The van der Waals surface area contributed by atoms with Crippen molar-refractivity contribution in [3.05, 3.63) is 34.4 Å². The first-order valence-electron chi connectivity index (χ1n) is 8.91. The zero-order valence-electron chi connectivity index (χ0n) is 14.7. The van der Waals surface area contributed by atoms with Crippen LogP contribution in [0.25, 0.3) is 0 Å². The van der Waals surface area contributed by atoms with Crippen molar-refractivity contribution < 1.29 is 4.79 Å². The molecular weight excluding hydrogens is 302 g/mol. The fraction of sp³-hybridized carbons (Fsp3) is 0.611. The first-order valence-corrected chi connectivity index (χ1v) is 8.91. The van der Waals surface area contributed by atoms with Crippen molar-refractivity contribution in [1.82, 2.24) is 24.5 Å². The fourth-order valence-corrected chi connectivity index (χ4v) is 4.24. The summed E-state index contributed by atoms with van der Waals surface area (Å²) in [6.07, 6.45) is 5.30. The lowest BCUT2D eigenvalue weighted by atomic mass is 9.95. The number of nitrogens with zero attached hydrogens (tertiary/aromatic N) is 5. The van der Waals surface area contributed by atoms with Gasteiger partial charge in [0.1, 0.15) is 5.69 Å². The van der Waals surface area contributed by atoms with Gasteiger partial charge in [0.15, 0.2) is 0 Å². The Hall–Kier alpha value is -2.11. The third-order valence-corrected chi connectivity index (χ3v) is 5.36. The Morgan fingerprint density at radius 1 is 1.21 bits per heavy atom. The van der Waals surface area contributed by atoms with Crippen LogP contribution in [-0.4, -0.2) is 43.5 Å². The van der Waals surface area contributed by atoms with Crippen LogP contribution < -0.4 is 0 Å². The van der Waals surface area contributed by atoms with Crippen LogP contribution in [-0.2, 0) is 19.9 Å². The Bertz CT molecular complexity index is 788. The molecule has 0 radical (unpaired) electrons. The number of aryl methyl sites for hydroxylation is 4. The predicted octanol–water partition coefficient (Wildman–Crippen LogP) is 2.20. The van der Waals surface area contributed by atoms with E-state index in [0.717, 1.165) is 55.9 Å². The normalized spacial score (nSPS) is 20.5. The van der Waals surface area contributed by atoms with Crippen LogP contribution >= 0.6 is 0 Å². The molecule has 6 heteroatoms. The van der Waals surface area contributed by atoms with Crippen molar-refractivity contribution in [3.8, 4) is 0 Å². The van der Waals surface area contributed by atoms with Crippen LogP contribution in [0.1, 0.15) is 58.4 Å². The molecule has 1 atom stereocenters. The lowest BCUT2D eigenvalue weighted by Crippen LogP contribution is -2.31. The number of aromatic nitrogens is 4. The lowest BCUT2D eigenvalue weighted by molar-refractivity contribution is 0.0774. The second-order valence-corrected chi connectivity index (χ2v) is 7.17. The maximum Gasteiger partial charge on any atom is 0.272 e. The average Bonchev–Trinajstić information content (AvgIpc) is 3.23. The molecule has 0 N–H and O–H groups in total. The van der Waals surface area contributed by atoms with Gasteiger partial charge in [-0.3, -0.25) is 14.2 Å². The summed E-state index contributed by atoms with van der Waals surface area (Å²) in [7, 11) is 1.90. The second kappa shape index (κ2) is 5.76. The van der Waals surface area contributed by atoms with Gasteiger partial charge in [-0.15, -0.1) is 0 Å². The minimum Gasteiger partial charge on any atom is -0.335 e. The molecule has 3 heterocycles. The van der Waals surface area contributed by atoms with E-state index in [-0.39, 0.29) is 11.9 Å². The third-order valence-electron chi connectivity index (χ3n) is 5.36. The van der Waals surface area contributed by atoms with Gasteiger partial charge >= 0.3 is 0 Å². The number of likely N-dealkylation sites (tertiary alicyclic amines) is 1. The van der Waals surface area contributed by atoms with Gasteiger partial charge < -0.3 is 4.90 Å². The van der Waals surface area contributed by atoms with Gasteiger partial charge in [0, 0.05) is 31.4 Å². The number of hydrogen-bond acceptors (Lipinski definition) is 3. The number of carbonyl (C=O) groups excluding carboxylic acids is 1. The van der Waals surface area contributed by atoms with Crippen LogP contribution in [0.5, 0.6) is 0 Å². The zero-order chi connectivity index (χ0) is 16.8. The molecule has 128 valence electrons. The first-order chi connectivity index (χ1) is 11.5. The Morgan fingerprint density at radius 3 is 2.75 bits per heavy atom. The van der Waals surface area contributed by atoms with Gasteiger partial charge in [0.2, 0.25) is 0 Å². The minimum absolute atomic E-state index is 0.136. The van der Waals surface area contributed by atoms with Crippen molar-refractivity contribution in [2.45, 2.75) is 52.0 Å². The molecule has 1 unspecified atom stereocenters. The Balaban J connectivity index is 1.56. The summed E-state index contributed by atoms with van der Waals surface area (Å²) >= 11 is 0. The molecule has 2 aliphatic rings. The summed E-state index contributed by atoms with van der Waals surface area (Å²) in [5.41, 5.74) is 5.33. The highest BCUT2D eigenvalue weighted by atomic mass is 16.2. The van der Waals surface area contributed by atoms with E-state index >= 15 is 0 Å². The molecule has 1 aliphatic carbocycles. The summed E-state index contributed by atoms with van der Waals surface area (Å²) < 4.78 is 3.89. The highest BCUT2D eigenvalue weighted by Crippen LogP contribution is 2.28. The number of hydrogen-bond donors (Lipinski definition) is 0. The lowest BCUT2D eigenvalue weighted by Gasteiger charge is -2.19. The van der Waals surface area contributed by atoms with Gasteiger partial charge in [-0.2, -0.15) is 10.2 Å². The summed E-state index contributed by atoms with van der Waals surface area (Å²) in [6, 6.07) is 2.38. The highest BCUT2D eigenvalue weighted by molar-refractivity contribution is 5.94. The summed E-state index contributed by atoms with van der Waals surface area (Å²) in [5.74, 6) is 0.136. The number of carbonyl (C=O) groups is 1. The zero-order valence-corrected chi connectivity index (χ0v) is 14.7. The quantitative estimate of drug-likeness (QED) is 0.850. The molecule has 2 aromatic rings. The van der Waals surface area contributed by atoms with Gasteiger partial charge in [-0.05, 0) is 52.0 Å². The summed E-state index contributed by atoms with van der Waals surface area (Å²) in [5, 5.41) is 9.19. The molecule has 4 rings (SSSR count). The molecule has 0 bridgehead atoms. The minimum atomic E-state index is 0.136. The van der Waals surface area contributed by atoms with Gasteiger partial charge in [0.25, 0.3) is 5.91 Å². The maximum absolute atomic E-state index is 13.1. The molecule has 2 aromatic heterocycles. The fourth-order valence-electron chi connectivity index (χ4n) is 4.24. The highest BCUT2D eigenvalue weighted by Gasteiger charge is 2.33. The largest absolute Gasteiger partial charge is 0.335 e. The average molecular weight is 327 g/mol. The number of amides is 1. The molecule has 0 saturated carbocycles. The first kappa shape index (κ1) is 15.4. The van der Waals surface area contributed by atoms with E-state index < -0.39 is 0 Å². The summed E-state index contributed by atoms with van der Waals surface area (Å²) in [6.45, 7) is 5.63. The molecule has 1 aliphatic heterocycles. The standard InChI is InChI=1S/C18H25N5O/c1-12-10-13(2)23(19-12)14-8-9-22(11-14)18(24)17-15-6-4-5-7-16(15)20-21(17)3/h10,14H,4-9,11H2,1-3H3. The monoisotopic (exact) mass is 327 g/mol. The van der Waals surface area contributed by atoms with Gasteiger partial charge in [0.05, 0.1) is 17.4 Å². The third kappa shape index (κ3) is 2.44. The van der Waals surface area contributed by atoms with E-state index in [2.05, 4.69) is 27.9 Å². The van der Waals surface area contributed by atoms with Crippen molar-refractivity contribution in [1.29, 1.82) is 0 Å². The maximum atomic E-state index is 13.1. The molecular formula is C18H25N5O. The van der Waals surface area contributed by atoms with Crippen LogP contribution in [0, 0.1) is 13.8 Å². The van der Waals surface area contributed by atoms with E-state index in [4.69, 9.17) is 0 Å². The number of fused-ring (bicyclic) bond motifs is 1. The van der Waals surface area contributed by atoms with Crippen molar-refractivity contribution in [3.63, 3.8) is 0 Å². The van der Waals surface area contributed by atoms with Crippen LogP contribution in [0.4, 0.5) is 0 Å². The predicted molar refractivity (Wildman–Crippen MR) is 91.1 cm³/mol. The smallest absolute Gasteiger partial charge is 0.272 e. The van der Waals surface area contributed by atoms with Crippen molar-refractivity contribution >= 4 is 5.91 Å². The molecule has 1 saturated heterocycles. The Labute approximate surface area is 142 Å². The molecule has 0 spiro atoms. The second-order valence-electron chi connectivity index (χ2n) is 7.17. The molecule has 1 amide bonds. The van der Waals surface area contributed by atoms with Crippen LogP contribution in [0.15, 0.2) is 6.07 Å². The van der Waals surface area contributed by atoms with E-state index in [1.807, 2.05) is 18.9 Å². The van der Waals surface area contributed by atoms with Gasteiger partial charge in [-0.25, -0.2) is 0 Å². The van der Waals surface area contributed by atoms with Crippen molar-refractivity contribution in [2.75, 3.05) is 13.1 Å². The molecule has 0 aromatic carbocycles.